The Morgan fingerprint density at radius 2 is 1.76 bits per heavy atom. The van der Waals surface area contributed by atoms with Crippen LogP contribution in [0.3, 0.4) is 0 Å². The highest BCUT2D eigenvalue weighted by atomic mass is 127. The number of nitrogens with one attached hydrogen (secondary N) is 1. The fraction of sp³-hybridized carbons (Fsp3) is 0.0417. The van der Waals surface area contributed by atoms with Crippen LogP contribution in [0, 0.1) is 24.3 Å². The van der Waals surface area contributed by atoms with Crippen molar-refractivity contribution in [3.05, 3.63) is 95.9 Å². The molecule has 0 aromatic heterocycles. The summed E-state index contributed by atoms with van der Waals surface area (Å²) in [4.78, 5) is 23.6. The zero-order chi connectivity index (χ0) is 24.0. The van der Waals surface area contributed by atoms with Crippen LogP contribution >= 0.6 is 45.2 Å². The summed E-state index contributed by atoms with van der Waals surface area (Å²) in [7, 11) is 0. The highest BCUT2D eigenvalue weighted by Gasteiger charge is 2.14. The molecule has 0 spiro atoms. The van der Waals surface area contributed by atoms with E-state index in [4.69, 9.17) is 9.84 Å². The first kappa shape index (κ1) is 24.7. The summed E-state index contributed by atoms with van der Waals surface area (Å²) in [6.45, 7) is 0.267. The lowest BCUT2D eigenvalue weighted by Crippen LogP contribution is -2.14. The van der Waals surface area contributed by atoms with E-state index in [0.717, 1.165) is 12.7 Å². The van der Waals surface area contributed by atoms with Gasteiger partial charge in [-0.2, -0.15) is 5.26 Å². The molecule has 9 heteroatoms. The van der Waals surface area contributed by atoms with Gasteiger partial charge in [-0.1, -0.05) is 18.2 Å². The Morgan fingerprint density at radius 1 is 1.09 bits per heavy atom. The predicted octanol–water partition coefficient (Wildman–Crippen LogP) is 5.86. The third-order valence-corrected chi connectivity index (χ3v) is 5.96. The van der Waals surface area contributed by atoms with Crippen molar-refractivity contribution in [2.45, 2.75) is 6.61 Å². The maximum atomic E-state index is 13.1. The SMILES string of the molecule is N#C/C(=C/c1cc(I)c(OCc2ccc(F)cc2)c(I)c1)C(=O)Nc1cccc(C(=O)O)c1. The van der Waals surface area contributed by atoms with Gasteiger partial charge in [-0.15, -0.1) is 0 Å². The van der Waals surface area contributed by atoms with E-state index in [0.29, 0.717) is 11.3 Å². The Hall–Kier alpha value is -2.98. The molecule has 0 saturated heterocycles. The minimum absolute atomic E-state index is 0.0237. The normalized spacial score (nSPS) is 10.9. The maximum absolute atomic E-state index is 13.1. The minimum Gasteiger partial charge on any atom is -0.487 e. The second kappa shape index (κ2) is 11.2. The average Bonchev–Trinajstić information content (AvgIpc) is 2.78. The molecule has 1 amide bonds. The lowest BCUT2D eigenvalue weighted by atomic mass is 10.1. The lowest BCUT2D eigenvalue weighted by molar-refractivity contribution is -0.112. The van der Waals surface area contributed by atoms with Crippen molar-refractivity contribution in [3.8, 4) is 11.8 Å². The number of carboxylic acid groups (broad SMARTS) is 1. The van der Waals surface area contributed by atoms with Crippen molar-refractivity contribution in [2.24, 2.45) is 0 Å². The molecule has 3 aromatic rings. The summed E-state index contributed by atoms with van der Waals surface area (Å²) in [6, 6.07) is 17.2. The smallest absolute Gasteiger partial charge is 0.335 e. The van der Waals surface area contributed by atoms with E-state index in [1.54, 1.807) is 30.3 Å². The van der Waals surface area contributed by atoms with Crippen LogP contribution in [0.25, 0.3) is 6.08 Å². The number of benzene rings is 3. The summed E-state index contributed by atoms with van der Waals surface area (Å²) in [5.74, 6) is -1.44. The number of halogens is 3. The number of rotatable bonds is 7. The molecule has 0 aliphatic carbocycles. The molecule has 2 N–H and O–H groups in total. The standard InChI is InChI=1S/C24H15FI2N2O4/c25-18-6-4-14(5-7-18)13-33-22-20(26)9-15(10-21(22)27)8-17(12-28)23(30)29-19-3-1-2-16(11-19)24(31)32/h1-11H,13H2,(H,29,30)(H,31,32)/b17-8-. The number of hydrogen-bond acceptors (Lipinski definition) is 4. The van der Waals surface area contributed by atoms with Crippen molar-refractivity contribution in [1.82, 2.24) is 0 Å². The Labute approximate surface area is 216 Å². The summed E-state index contributed by atoms with van der Waals surface area (Å²) >= 11 is 4.21. The summed E-state index contributed by atoms with van der Waals surface area (Å²) < 4.78 is 20.5. The molecule has 0 heterocycles. The molecule has 6 nitrogen and oxygen atoms in total. The number of carbonyl (C=O) groups excluding carboxylic acids is 1. The van der Waals surface area contributed by atoms with Crippen LogP contribution in [-0.2, 0) is 11.4 Å². The van der Waals surface area contributed by atoms with Gasteiger partial charge in [-0.05, 0) is 105 Å². The molecular weight excluding hydrogens is 653 g/mol. The Kier molecular flexibility index (Phi) is 8.40. The van der Waals surface area contributed by atoms with Gasteiger partial charge in [-0.25, -0.2) is 9.18 Å². The van der Waals surface area contributed by atoms with Crippen molar-refractivity contribution >= 4 is 68.8 Å². The van der Waals surface area contributed by atoms with Crippen LogP contribution in [0.4, 0.5) is 10.1 Å². The Morgan fingerprint density at radius 3 is 2.36 bits per heavy atom. The number of ether oxygens (including phenoxy) is 1. The van der Waals surface area contributed by atoms with E-state index >= 15 is 0 Å². The number of nitrogens with zero attached hydrogens (tertiary/aromatic N) is 1. The fourth-order valence-corrected chi connectivity index (χ4v) is 4.91. The molecule has 3 aromatic carbocycles. The van der Waals surface area contributed by atoms with Crippen molar-refractivity contribution in [3.63, 3.8) is 0 Å². The molecule has 33 heavy (non-hydrogen) atoms. The van der Waals surface area contributed by atoms with Gasteiger partial charge in [0.05, 0.1) is 12.7 Å². The predicted molar refractivity (Wildman–Crippen MR) is 138 cm³/mol. The Balaban J connectivity index is 1.77. The summed E-state index contributed by atoms with van der Waals surface area (Å²) in [5, 5.41) is 21.1. The fourth-order valence-electron chi connectivity index (χ4n) is 2.78. The van der Waals surface area contributed by atoms with Gasteiger partial charge in [0.15, 0.2) is 0 Å². The molecule has 0 unspecified atom stereocenters. The quantitative estimate of drug-likeness (QED) is 0.187. The number of nitriles is 1. The average molecular weight is 668 g/mol. The number of carboxylic acids is 1. The first-order valence-electron chi connectivity index (χ1n) is 9.39. The third-order valence-electron chi connectivity index (χ3n) is 4.36. The third kappa shape index (κ3) is 6.75. The van der Waals surface area contributed by atoms with E-state index in [9.17, 15) is 19.2 Å². The first-order valence-corrected chi connectivity index (χ1v) is 11.6. The Bertz CT molecular complexity index is 1260. The number of amides is 1. The molecule has 3 rings (SSSR count). The van der Waals surface area contributed by atoms with Gasteiger partial charge in [-0.3, -0.25) is 4.79 Å². The van der Waals surface area contributed by atoms with E-state index in [-0.39, 0.29) is 29.2 Å². The zero-order valence-electron chi connectivity index (χ0n) is 16.8. The molecule has 166 valence electrons. The van der Waals surface area contributed by atoms with Gasteiger partial charge in [0.2, 0.25) is 0 Å². The van der Waals surface area contributed by atoms with Crippen LogP contribution in [0.15, 0.2) is 66.2 Å². The van der Waals surface area contributed by atoms with Crippen molar-refractivity contribution < 1.29 is 23.8 Å². The number of hydrogen-bond donors (Lipinski definition) is 2. The zero-order valence-corrected chi connectivity index (χ0v) is 21.1. The van der Waals surface area contributed by atoms with Gasteiger partial charge in [0.1, 0.15) is 29.8 Å². The van der Waals surface area contributed by atoms with E-state index in [2.05, 4.69) is 50.5 Å². The largest absolute Gasteiger partial charge is 0.487 e. The second-order valence-electron chi connectivity index (χ2n) is 6.74. The molecule has 0 saturated carbocycles. The number of anilines is 1. The molecule has 0 bridgehead atoms. The maximum Gasteiger partial charge on any atom is 0.335 e. The highest BCUT2D eigenvalue weighted by Crippen LogP contribution is 2.30. The van der Waals surface area contributed by atoms with Gasteiger partial charge in [0.25, 0.3) is 5.91 Å². The second-order valence-corrected chi connectivity index (χ2v) is 9.06. The summed E-state index contributed by atoms with van der Waals surface area (Å²) in [5.41, 5.74) is 1.61. The molecule has 0 fully saturated rings. The minimum atomic E-state index is -1.12. The van der Waals surface area contributed by atoms with Crippen molar-refractivity contribution in [2.75, 3.05) is 5.32 Å². The van der Waals surface area contributed by atoms with Crippen LogP contribution in [0.2, 0.25) is 0 Å². The van der Waals surface area contributed by atoms with E-state index in [1.807, 2.05) is 6.07 Å². The van der Waals surface area contributed by atoms with E-state index < -0.39 is 11.9 Å². The number of carbonyl (C=O) groups is 2. The van der Waals surface area contributed by atoms with Gasteiger partial charge < -0.3 is 15.2 Å². The monoisotopic (exact) mass is 668 g/mol. The highest BCUT2D eigenvalue weighted by molar-refractivity contribution is 14.1. The number of aromatic carboxylic acids is 1. The van der Waals surface area contributed by atoms with Crippen LogP contribution in [0.1, 0.15) is 21.5 Å². The first-order chi connectivity index (χ1) is 15.8. The molecule has 0 radical (unpaired) electrons. The van der Waals surface area contributed by atoms with Gasteiger partial charge >= 0.3 is 5.97 Å². The molecule has 0 aliphatic heterocycles. The topological polar surface area (TPSA) is 99.4 Å². The van der Waals surface area contributed by atoms with Crippen LogP contribution in [0.5, 0.6) is 5.75 Å². The molecular formula is C24H15FI2N2O4. The van der Waals surface area contributed by atoms with Crippen LogP contribution < -0.4 is 10.1 Å². The molecule has 0 aliphatic rings. The van der Waals surface area contributed by atoms with Gasteiger partial charge in [0, 0.05) is 5.69 Å². The van der Waals surface area contributed by atoms with E-state index in [1.165, 1.54) is 36.4 Å². The van der Waals surface area contributed by atoms with Crippen LogP contribution in [-0.4, -0.2) is 17.0 Å². The molecule has 0 atom stereocenters. The van der Waals surface area contributed by atoms with Crippen molar-refractivity contribution in [1.29, 1.82) is 5.26 Å². The lowest BCUT2D eigenvalue weighted by Gasteiger charge is -2.12. The summed E-state index contributed by atoms with van der Waals surface area (Å²) in [6.07, 6.45) is 1.45.